The van der Waals surface area contributed by atoms with E-state index >= 15 is 0 Å². The first-order valence-corrected chi connectivity index (χ1v) is 14.7. The van der Waals surface area contributed by atoms with Gasteiger partial charge in [0.2, 0.25) is 17.7 Å². The van der Waals surface area contributed by atoms with Crippen LogP contribution in [0.5, 0.6) is 5.75 Å². The lowest BCUT2D eigenvalue weighted by molar-refractivity contribution is -0.137. The van der Waals surface area contributed by atoms with Gasteiger partial charge in [-0.3, -0.25) is 23.7 Å². The fourth-order valence-corrected chi connectivity index (χ4v) is 8.16. The van der Waals surface area contributed by atoms with Crippen molar-refractivity contribution in [3.63, 3.8) is 0 Å². The zero-order chi connectivity index (χ0) is 30.6. The van der Waals surface area contributed by atoms with Crippen molar-refractivity contribution in [3.05, 3.63) is 104 Å². The second-order valence-corrected chi connectivity index (χ2v) is 12.3. The van der Waals surface area contributed by atoms with E-state index in [4.69, 9.17) is 0 Å². The van der Waals surface area contributed by atoms with Crippen LogP contribution in [0.2, 0.25) is 0 Å². The van der Waals surface area contributed by atoms with Crippen LogP contribution in [0.3, 0.4) is 0 Å². The van der Waals surface area contributed by atoms with Gasteiger partial charge in [0.1, 0.15) is 17.5 Å². The van der Waals surface area contributed by atoms with E-state index in [9.17, 15) is 37.5 Å². The topological polar surface area (TPSA) is 109 Å². The second-order valence-electron chi connectivity index (χ2n) is 10.2. The third-order valence-corrected chi connectivity index (χ3v) is 9.99. The van der Waals surface area contributed by atoms with E-state index in [0.717, 1.165) is 51.8 Å². The van der Waals surface area contributed by atoms with Gasteiger partial charge in [-0.2, -0.15) is 13.2 Å². The number of alkyl halides is 3. The number of rotatable bonds is 5. The van der Waals surface area contributed by atoms with Crippen LogP contribution in [0.4, 0.5) is 24.5 Å². The summed E-state index contributed by atoms with van der Waals surface area (Å²) in [6.45, 7) is 1.52. The first kappa shape index (κ1) is 28.7. The monoisotopic (exact) mass is 625 g/mol. The first-order valence-electron chi connectivity index (χ1n) is 13.0. The molecular formula is C30H22F3N3O5S2. The third kappa shape index (κ3) is 5.12. The summed E-state index contributed by atoms with van der Waals surface area (Å²) in [7, 11) is 0. The number of para-hydroxylation sites is 1. The predicted molar refractivity (Wildman–Crippen MR) is 155 cm³/mol. The van der Waals surface area contributed by atoms with Gasteiger partial charge >= 0.3 is 11.0 Å². The Morgan fingerprint density at radius 2 is 1.70 bits per heavy atom. The number of thioether (sulfide) groups is 1. The molecule has 1 aromatic heterocycles. The Morgan fingerprint density at radius 1 is 0.977 bits per heavy atom. The molecule has 0 spiro atoms. The fourth-order valence-electron chi connectivity index (χ4n) is 5.40. The van der Waals surface area contributed by atoms with Crippen LogP contribution < -0.4 is 15.1 Å². The molecule has 43 heavy (non-hydrogen) atoms. The van der Waals surface area contributed by atoms with Crippen molar-refractivity contribution in [2.24, 2.45) is 5.92 Å². The van der Waals surface area contributed by atoms with Gasteiger partial charge in [0.05, 0.1) is 22.2 Å². The molecule has 6 rings (SSSR count). The lowest BCUT2D eigenvalue weighted by Crippen LogP contribution is -2.33. The van der Waals surface area contributed by atoms with Crippen molar-refractivity contribution >= 4 is 52.2 Å². The van der Waals surface area contributed by atoms with Gasteiger partial charge in [-0.05, 0) is 43.3 Å². The van der Waals surface area contributed by atoms with Crippen LogP contribution >= 0.6 is 23.1 Å². The van der Waals surface area contributed by atoms with E-state index in [1.165, 1.54) is 16.7 Å². The SMILES string of the molecule is Cc1ccc(NC(=O)Cn2c3c(sc2=O)[C@@H](c2ccccc2O)C2C(=O)N(c4cccc(C(F)(F)F)c4)C(=O)C2S3)cc1. The molecule has 4 aromatic rings. The van der Waals surface area contributed by atoms with Crippen LogP contribution in [-0.2, 0) is 27.1 Å². The minimum atomic E-state index is -4.69. The van der Waals surface area contributed by atoms with Crippen LogP contribution in [0.25, 0.3) is 0 Å². The summed E-state index contributed by atoms with van der Waals surface area (Å²) in [5.41, 5.74) is 0.564. The molecule has 8 nitrogen and oxygen atoms in total. The molecular weight excluding hydrogens is 603 g/mol. The second kappa shape index (κ2) is 10.7. The van der Waals surface area contributed by atoms with Crippen molar-refractivity contribution < 1.29 is 32.7 Å². The van der Waals surface area contributed by atoms with E-state index in [1.807, 2.05) is 19.1 Å². The molecule has 0 saturated carbocycles. The highest BCUT2D eigenvalue weighted by Gasteiger charge is 2.57. The number of nitrogens with one attached hydrogen (secondary N) is 1. The highest BCUT2D eigenvalue weighted by molar-refractivity contribution is 8.00. The number of fused-ring (bicyclic) bond motifs is 2. The number of phenols is 1. The van der Waals surface area contributed by atoms with Crippen molar-refractivity contribution in [3.8, 4) is 5.75 Å². The van der Waals surface area contributed by atoms with Crippen molar-refractivity contribution in [2.75, 3.05) is 10.2 Å². The lowest BCUT2D eigenvalue weighted by atomic mass is 9.82. The summed E-state index contributed by atoms with van der Waals surface area (Å²) in [6, 6.07) is 17.2. The number of phenolic OH excluding ortho intramolecular Hbond substituents is 1. The molecule has 0 aliphatic carbocycles. The lowest BCUT2D eigenvalue weighted by Gasteiger charge is -2.31. The Bertz CT molecular complexity index is 1830. The number of anilines is 2. The van der Waals surface area contributed by atoms with Gasteiger partial charge in [0.15, 0.2) is 0 Å². The molecule has 220 valence electrons. The Hall–Kier alpha value is -4.36. The van der Waals surface area contributed by atoms with Gasteiger partial charge in [0.25, 0.3) is 0 Å². The number of imide groups is 1. The van der Waals surface area contributed by atoms with Crippen LogP contribution in [-0.4, -0.2) is 32.6 Å². The Balaban J connectivity index is 1.42. The molecule has 13 heteroatoms. The number of halogens is 3. The maximum absolute atomic E-state index is 13.9. The summed E-state index contributed by atoms with van der Waals surface area (Å²) in [4.78, 5) is 54.5. The third-order valence-electron chi connectivity index (χ3n) is 7.39. The maximum atomic E-state index is 13.9. The number of hydrogen-bond donors (Lipinski definition) is 2. The Morgan fingerprint density at radius 3 is 2.40 bits per heavy atom. The number of amides is 3. The molecule has 3 atom stereocenters. The number of hydrogen-bond acceptors (Lipinski definition) is 7. The molecule has 2 aliphatic rings. The number of carbonyl (C=O) groups is 3. The fraction of sp³-hybridized carbons (Fsp3) is 0.200. The summed E-state index contributed by atoms with van der Waals surface area (Å²) in [6.07, 6.45) is -4.69. The van der Waals surface area contributed by atoms with Crippen LogP contribution in [0.1, 0.15) is 27.5 Å². The summed E-state index contributed by atoms with van der Waals surface area (Å²) in [5.74, 6) is -4.25. The minimum absolute atomic E-state index is 0.175. The summed E-state index contributed by atoms with van der Waals surface area (Å²) < 4.78 is 41.6. The predicted octanol–water partition coefficient (Wildman–Crippen LogP) is 5.38. The van der Waals surface area contributed by atoms with Crippen molar-refractivity contribution in [2.45, 2.75) is 35.8 Å². The zero-order valence-corrected chi connectivity index (χ0v) is 23.9. The number of aromatic nitrogens is 1. The quantitative estimate of drug-likeness (QED) is 0.289. The molecule has 1 saturated heterocycles. The summed E-state index contributed by atoms with van der Waals surface area (Å²) >= 11 is 1.73. The molecule has 2 unspecified atom stereocenters. The zero-order valence-electron chi connectivity index (χ0n) is 22.3. The standard InChI is InChI=1S/C30H22F3N3O5S2/c1-15-9-11-17(12-10-15)34-21(38)14-35-28-25(43-29(35)41)22(19-7-2-3-8-20(19)37)23-24(42-28)27(40)36(26(23)39)18-6-4-5-16(13-18)30(31,32)33/h2-13,22-24,37H,14H2,1H3,(H,34,38)/t22-,23?,24?/m0/s1. The molecule has 2 aliphatic heterocycles. The van der Waals surface area contributed by atoms with Crippen molar-refractivity contribution in [1.29, 1.82) is 0 Å². The highest BCUT2D eigenvalue weighted by atomic mass is 32.2. The number of aryl methyl sites for hydroxylation is 1. The molecule has 0 radical (unpaired) electrons. The summed E-state index contributed by atoms with van der Waals surface area (Å²) in [5, 5.41) is 12.7. The molecule has 3 heterocycles. The molecule has 3 amide bonds. The molecule has 1 fully saturated rings. The van der Waals surface area contributed by atoms with E-state index < -0.39 is 51.4 Å². The van der Waals surface area contributed by atoms with Gasteiger partial charge in [-0.25, -0.2) is 4.90 Å². The van der Waals surface area contributed by atoms with E-state index in [1.54, 1.807) is 30.3 Å². The molecule has 3 aromatic carbocycles. The number of nitrogens with zero attached hydrogens (tertiary/aromatic N) is 2. The van der Waals surface area contributed by atoms with Crippen LogP contribution in [0.15, 0.2) is 82.6 Å². The van der Waals surface area contributed by atoms with E-state index in [0.29, 0.717) is 10.6 Å². The van der Waals surface area contributed by atoms with Gasteiger partial charge in [-0.15, -0.1) is 0 Å². The average Bonchev–Trinajstić information content (AvgIpc) is 3.40. The van der Waals surface area contributed by atoms with Crippen LogP contribution in [0, 0.1) is 12.8 Å². The number of aromatic hydroxyl groups is 1. The molecule has 0 bridgehead atoms. The Labute approximate surface area is 250 Å². The molecule has 2 N–H and O–H groups in total. The normalized spacial score (nSPS) is 19.7. The van der Waals surface area contributed by atoms with E-state index in [2.05, 4.69) is 5.32 Å². The number of thiazole rings is 1. The smallest absolute Gasteiger partial charge is 0.416 e. The van der Waals surface area contributed by atoms with Gasteiger partial charge in [-0.1, -0.05) is 65.1 Å². The first-order chi connectivity index (χ1) is 20.4. The maximum Gasteiger partial charge on any atom is 0.416 e. The largest absolute Gasteiger partial charge is 0.508 e. The van der Waals surface area contributed by atoms with Crippen molar-refractivity contribution in [1.82, 2.24) is 4.57 Å². The number of carbonyl (C=O) groups excluding carboxylic acids is 3. The minimum Gasteiger partial charge on any atom is -0.508 e. The van der Waals surface area contributed by atoms with Gasteiger partial charge < -0.3 is 10.4 Å². The highest BCUT2D eigenvalue weighted by Crippen LogP contribution is 2.55. The van der Waals surface area contributed by atoms with Gasteiger partial charge in [0, 0.05) is 22.0 Å². The average molecular weight is 626 g/mol. The number of benzene rings is 3. The Kier molecular flexibility index (Phi) is 7.17. The van der Waals surface area contributed by atoms with E-state index in [-0.39, 0.29) is 28.6 Å².